The summed E-state index contributed by atoms with van der Waals surface area (Å²) in [6.07, 6.45) is -5.11. The Morgan fingerprint density at radius 2 is 1.54 bits per heavy atom. The fraction of sp³-hybridized carbons (Fsp3) is 0.105. The molecule has 0 aliphatic heterocycles. The highest BCUT2D eigenvalue weighted by Gasteiger charge is 2.38. The van der Waals surface area contributed by atoms with E-state index in [9.17, 15) is 22.8 Å². The molecule has 26 heavy (non-hydrogen) atoms. The molecular formula is C19H13F3NO3+. The zero-order chi connectivity index (χ0) is 18.7. The van der Waals surface area contributed by atoms with Crippen molar-refractivity contribution in [1.82, 2.24) is 0 Å². The van der Waals surface area contributed by atoms with Gasteiger partial charge in [0.15, 0.2) is 0 Å². The number of rotatable bonds is 4. The van der Waals surface area contributed by atoms with Gasteiger partial charge in [0.25, 0.3) is 5.69 Å². The summed E-state index contributed by atoms with van der Waals surface area (Å²) in [4.78, 5) is 24.5. The maximum atomic E-state index is 12.5. The number of aromatic nitrogens is 1. The predicted octanol–water partition coefficient (Wildman–Crippen LogP) is 3.69. The molecule has 0 N–H and O–H groups in total. The summed E-state index contributed by atoms with van der Waals surface area (Å²) in [7, 11) is 0. The second kappa shape index (κ2) is 6.95. The SMILES string of the molecule is O=C(C[n+]1c(C(=O)OC(F)(F)F)ccc2ccccc21)c1ccccc1. The smallest absolute Gasteiger partial charge is 0.365 e. The Kier molecular flexibility index (Phi) is 4.71. The van der Waals surface area contributed by atoms with Gasteiger partial charge in [0.2, 0.25) is 17.8 Å². The standard InChI is InChI=1S/C19H13F3NO3/c20-19(21,22)26-18(25)16-11-10-13-6-4-5-9-15(13)23(16)12-17(24)14-7-2-1-3-8-14/h1-11H,12H2/q+1. The van der Waals surface area contributed by atoms with Crippen molar-refractivity contribution >= 4 is 22.7 Å². The summed E-state index contributed by atoms with van der Waals surface area (Å²) in [6.45, 7) is -0.298. The lowest BCUT2D eigenvalue weighted by Gasteiger charge is -2.09. The van der Waals surface area contributed by atoms with Gasteiger partial charge in [-0.05, 0) is 12.1 Å². The molecule has 2 aromatic carbocycles. The molecule has 0 fully saturated rings. The molecule has 0 amide bonds. The number of esters is 1. The number of ketones is 1. The lowest BCUT2D eigenvalue weighted by molar-refractivity contribution is -0.660. The Labute approximate surface area is 146 Å². The number of hydrogen-bond acceptors (Lipinski definition) is 3. The maximum Gasteiger partial charge on any atom is 0.575 e. The first-order valence-electron chi connectivity index (χ1n) is 7.65. The lowest BCUT2D eigenvalue weighted by Crippen LogP contribution is -2.45. The van der Waals surface area contributed by atoms with Gasteiger partial charge >= 0.3 is 12.3 Å². The van der Waals surface area contributed by atoms with E-state index in [1.54, 1.807) is 54.6 Å². The zero-order valence-corrected chi connectivity index (χ0v) is 13.4. The summed E-state index contributed by atoms with van der Waals surface area (Å²) in [5, 5.41) is 0.678. The topological polar surface area (TPSA) is 47.2 Å². The molecule has 1 heterocycles. The number of alkyl halides is 3. The normalized spacial score (nSPS) is 11.3. The van der Waals surface area contributed by atoms with Gasteiger partial charge in [-0.2, -0.15) is 4.57 Å². The minimum absolute atomic E-state index is 0.298. The molecule has 7 heteroatoms. The van der Waals surface area contributed by atoms with E-state index >= 15 is 0 Å². The van der Waals surface area contributed by atoms with Crippen LogP contribution in [-0.2, 0) is 11.3 Å². The van der Waals surface area contributed by atoms with Crippen LogP contribution >= 0.6 is 0 Å². The van der Waals surface area contributed by atoms with E-state index in [1.807, 2.05) is 0 Å². The number of benzene rings is 2. The Morgan fingerprint density at radius 1 is 0.885 bits per heavy atom. The van der Waals surface area contributed by atoms with E-state index in [2.05, 4.69) is 4.74 Å². The summed E-state index contributed by atoms with van der Waals surface area (Å²) < 4.78 is 42.1. The number of carbonyl (C=O) groups excluding carboxylic acids is 2. The summed E-state index contributed by atoms with van der Waals surface area (Å²) in [5.41, 5.74) is 0.488. The molecule has 0 saturated heterocycles. The number of hydrogen-bond donors (Lipinski definition) is 0. The third-order valence-corrected chi connectivity index (χ3v) is 3.75. The average molecular weight is 360 g/mol. The average Bonchev–Trinajstić information content (AvgIpc) is 2.61. The summed E-state index contributed by atoms with van der Waals surface area (Å²) in [5.74, 6) is -1.91. The molecule has 4 nitrogen and oxygen atoms in total. The van der Waals surface area contributed by atoms with Crippen LogP contribution in [0.2, 0.25) is 0 Å². The number of fused-ring (bicyclic) bond motifs is 1. The number of nitrogens with zero attached hydrogens (tertiary/aromatic N) is 1. The molecule has 3 aromatic rings. The van der Waals surface area contributed by atoms with E-state index in [-0.39, 0.29) is 18.0 Å². The highest BCUT2D eigenvalue weighted by atomic mass is 19.4. The first-order chi connectivity index (χ1) is 12.3. The summed E-state index contributed by atoms with van der Waals surface area (Å²) >= 11 is 0. The van der Waals surface area contributed by atoms with Crippen LogP contribution < -0.4 is 4.57 Å². The van der Waals surface area contributed by atoms with Crippen LogP contribution in [0, 0.1) is 0 Å². The largest absolute Gasteiger partial charge is 0.575 e. The first kappa shape index (κ1) is 17.6. The second-order valence-corrected chi connectivity index (χ2v) is 5.49. The Morgan fingerprint density at radius 3 is 2.23 bits per heavy atom. The van der Waals surface area contributed by atoms with Gasteiger partial charge in [-0.3, -0.25) is 4.79 Å². The van der Waals surface area contributed by atoms with Crippen molar-refractivity contribution in [3.63, 3.8) is 0 Å². The number of pyridine rings is 1. The minimum Gasteiger partial charge on any atom is -0.365 e. The van der Waals surface area contributed by atoms with E-state index in [0.717, 1.165) is 0 Å². The molecule has 0 aliphatic carbocycles. The van der Waals surface area contributed by atoms with Gasteiger partial charge < -0.3 is 4.74 Å². The highest BCUT2D eigenvalue weighted by Crippen LogP contribution is 2.19. The number of Topliss-reactive ketones (excluding diaryl/α,β-unsaturated/α-hetero) is 1. The molecule has 0 bridgehead atoms. The second-order valence-electron chi connectivity index (χ2n) is 5.49. The van der Waals surface area contributed by atoms with Gasteiger partial charge in [-0.1, -0.05) is 42.5 Å². The molecule has 0 atom stereocenters. The van der Waals surface area contributed by atoms with Crippen molar-refractivity contribution in [2.45, 2.75) is 12.9 Å². The van der Waals surface area contributed by atoms with E-state index in [4.69, 9.17) is 0 Å². The van der Waals surface area contributed by atoms with Crippen LogP contribution in [-0.4, -0.2) is 18.1 Å². The van der Waals surface area contributed by atoms with Crippen LogP contribution in [0.1, 0.15) is 20.8 Å². The molecule has 132 valence electrons. The molecule has 0 radical (unpaired) electrons. The van der Waals surface area contributed by atoms with Crippen molar-refractivity contribution < 1.29 is 32.1 Å². The van der Waals surface area contributed by atoms with Crippen LogP contribution in [0.15, 0.2) is 66.7 Å². The van der Waals surface area contributed by atoms with Crippen molar-refractivity contribution in [3.8, 4) is 0 Å². The lowest BCUT2D eigenvalue weighted by atomic mass is 10.1. The van der Waals surface area contributed by atoms with Crippen LogP contribution in [0.4, 0.5) is 13.2 Å². The van der Waals surface area contributed by atoms with Crippen LogP contribution in [0.25, 0.3) is 10.9 Å². The van der Waals surface area contributed by atoms with Crippen molar-refractivity contribution in [2.24, 2.45) is 0 Å². The van der Waals surface area contributed by atoms with Gasteiger partial charge in [0.1, 0.15) is 0 Å². The third kappa shape index (κ3) is 3.88. The summed E-state index contributed by atoms with van der Waals surface area (Å²) in [6, 6.07) is 17.8. The van der Waals surface area contributed by atoms with Gasteiger partial charge in [-0.25, -0.2) is 4.79 Å². The van der Waals surface area contributed by atoms with Gasteiger partial charge in [0, 0.05) is 23.1 Å². The van der Waals surface area contributed by atoms with E-state index in [0.29, 0.717) is 16.5 Å². The number of para-hydroxylation sites is 1. The van der Waals surface area contributed by atoms with E-state index in [1.165, 1.54) is 16.7 Å². The Bertz CT molecular complexity index is 969. The highest BCUT2D eigenvalue weighted by molar-refractivity contribution is 5.95. The first-order valence-corrected chi connectivity index (χ1v) is 7.65. The molecule has 0 aliphatic rings. The number of carbonyl (C=O) groups is 2. The molecule has 0 saturated carbocycles. The Balaban J connectivity index is 2.07. The van der Waals surface area contributed by atoms with Gasteiger partial charge in [-0.15, -0.1) is 13.2 Å². The van der Waals surface area contributed by atoms with E-state index < -0.39 is 12.3 Å². The van der Waals surface area contributed by atoms with Crippen molar-refractivity contribution in [1.29, 1.82) is 0 Å². The monoisotopic (exact) mass is 360 g/mol. The molecule has 3 rings (SSSR count). The molecule has 1 aromatic heterocycles. The van der Waals surface area contributed by atoms with Crippen molar-refractivity contribution in [3.05, 3.63) is 78.0 Å². The molecular weight excluding hydrogens is 347 g/mol. The van der Waals surface area contributed by atoms with Crippen LogP contribution in [0.5, 0.6) is 0 Å². The quantitative estimate of drug-likeness (QED) is 0.405. The zero-order valence-electron chi connectivity index (χ0n) is 13.4. The predicted molar refractivity (Wildman–Crippen MR) is 86.4 cm³/mol. The fourth-order valence-electron chi connectivity index (χ4n) is 2.63. The number of ether oxygens (including phenoxy) is 1. The molecule has 0 spiro atoms. The number of halogens is 3. The van der Waals surface area contributed by atoms with Crippen molar-refractivity contribution in [2.75, 3.05) is 0 Å². The molecule has 0 unspecified atom stereocenters. The van der Waals surface area contributed by atoms with Crippen LogP contribution in [0.3, 0.4) is 0 Å². The Hall–Kier alpha value is -3.22. The third-order valence-electron chi connectivity index (χ3n) is 3.75. The fourth-order valence-corrected chi connectivity index (χ4v) is 2.63. The minimum atomic E-state index is -5.11. The maximum absolute atomic E-state index is 12.5. The van der Waals surface area contributed by atoms with Gasteiger partial charge in [0.05, 0.1) is 0 Å².